The molecule has 3 nitrogen and oxygen atoms in total. The summed E-state index contributed by atoms with van der Waals surface area (Å²) in [5.41, 5.74) is 1.39. The summed E-state index contributed by atoms with van der Waals surface area (Å²) in [6.07, 6.45) is 0.992. The highest BCUT2D eigenvalue weighted by Crippen LogP contribution is 2.24. The summed E-state index contributed by atoms with van der Waals surface area (Å²) in [6, 6.07) is 7.93. The monoisotopic (exact) mass is 277 g/mol. The average Bonchev–Trinajstić information content (AvgIpc) is 2.35. The Balaban J connectivity index is 2.37. The van der Waals surface area contributed by atoms with Crippen LogP contribution in [0, 0.1) is 5.92 Å². The van der Waals surface area contributed by atoms with E-state index >= 15 is 0 Å². The molecule has 0 fully saturated rings. The van der Waals surface area contributed by atoms with Crippen molar-refractivity contribution in [1.82, 2.24) is 5.32 Å². The lowest BCUT2D eigenvalue weighted by Gasteiger charge is -2.19. The first-order valence-corrected chi connectivity index (χ1v) is 7.29. The minimum atomic E-state index is -0.0643. The van der Waals surface area contributed by atoms with Gasteiger partial charge in [-0.2, -0.15) is 0 Å². The maximum absolute atomic E-state index is 11.6. The van der Waals surface area contributed by atoms with Crippen molar-refractivity contribution in [3.05, 3.63) is 29.8 Å². The standard InChI is InChI=1S/C17H27NO2/c1-13(2)10-11-18-16(19)12-20-15-8-6-14(7-9-15)17(3,4)5/h6-9,13H,10-12H2,1-5H3,(H,18,19). The predicted molar refractivity (Wildman–Crippen MR) is 83.1 cm³/mol. The lowest BCUT2D eigenvalue weighted by atomic mass is 9.87. The van der Waals surface area contributed by atoms with Gasteiger partial charge in [-0.05, 0) is 35.4 Å². The Kier molecular flexibility index (Phi) is 6.05. The number of amides is 1. The number of benzene rings is 1. The van der Waals surface area contributed by atoms with E-state index in [-0.39, 0.29) is 17.9 Å². The van der Waals surface area contributed by atoms with Gasteiger partial charge >= 0.3 is 0 Å². The second-order valence-corrected chi connectivity index (χ2v) is 6.60. The Morgan fingerprint density at radius 3 is 2.30 bits per heavy atom. The number of ether oxygens (including phenoxy) is 1. The van der Waals surface area contributed by atoms with Crippen molar-refractivity contribution in [3.63, 3.8) is 0 Å². The predicted octanol–water partition coefficient (Wildman–Crippen LogP) is 3.53. The van der Waals surface area contributed by atoms with Gasteiger partial charge in [-0.25, -0.2) is 0 Å². The van der Waals surface area contributed by atoms with E-state index in [1.54, 1.807) is 0 Å². The molecule has 1 rings (SSSR count). The first-order valence-electron chi connectivity index (χ1n) is 7.29. The highest BCUT2D eigenvalue weighted by molar-refractivity contribution is 5.77. The van der Waals surface area contributed by atoms with E-state index in [0.29, 0.717) is 12.5 Å². The molecule has 0 radical (unpaired) electrons. The SMILES string of the molecule is CC(C)CCNC(=O)COc1ccc(C(C)(C)C)cc1. The number of carbonyl (C=O) groups excluding carboxylic acids is 1. The quantitative estimate of drug-likeness (QED) is 0.864. The third kappa shape index (κ3) is 6.09. The summed E-state index contributed by atoms with van der Waals surface area (Å²) in [5.74, 6) is 1.27. The van der Waals surface area contributed by atoms with Crippen LogP contribution in [0.2, 0.25) is 0 Å². The zero-order chi connectivity index (χ0) is 15.2. The summed E-state index contributed by atoms with van der Waals surface area (Å²) in [7, 11) is 0. The lowest BCUT2D eigenvalue weighted by Crippen LogP contribution is -2.30. The zero-order valence-corrected chi connectivity index (χ0v) is 13.3. The van der Waals surface area contributed by atoms with Crippen LogP contribution in [-0.4, -0.2) is 19.1 Å². The zero-order valence-electron chi connectivity index (χ0n) is 13.3. The molecule has 0 aliphatic carbocycles. The van der Waals surface area contributed by atoms with Gasteiger partial charge in [-0.1, -0.05) is 46.8 Å². The van der Waals surface area contributed by atoms with Crippen molar-refractivity contribution in [2.45, 2.75) is 46.5 Å². The summed E-state index contributed by atoms with van der Waals surface area (Å²) < 4.78 is 5.48. The molecule has 0 saturated carbocycles. The van der Waals surface area contributed by atoms with Crippen molar-refractivity contribution in [2.75, 3.05) is 13.2 Å². The fraction of sp³-hybridized carbons (Fsp3) is 0.588. The molecule has 1 amide bonds. The topological polar surface area (TPSA) is 38.3 Å². The number of rotatable bonds is 6. The van der Waals surface area contributed by atoms with E-state index in [4.69, 9.17) is 4.74 Å². The molecule has 0 heterocycles. The Labute approximate surface area is 122 Å². The molecule has 1 aromatic carbocycles. The summed E-state index contributed by atoms with van der Waals surface area (Å²) in [4.78, 5) is 11.6. The second-order valence-electron chi connectivity index (χ2n) is 6.60. The van der Waals surface area contributed by atoms with E-state index < -0.39 is 0 Å². The molecule has 0 spiro atoms. The van der Waals surface area contributed by atoms with Gasteiger partial charge in [0.15, 0.2) is 6.61 Å². The fourth-order valence-electron chi connectivity index (χ4n) is 1.75. The normalized spacial score (nSPS) is 11.5. The number of hydrogen-bond donors (Lipinski definition) is 1. The second kappa shape index (κ2) is 7.32. The first-order chi connectivity index (χ1) is 9.29. The minimum absolute atomic E-state index is 0.0643. The third-order valence-corrected chi connectivity index (χ3v) is 3.13. The van der Waals surface area contributed by atoms with Gasteiger partial charge in [0.2, 0.25) is 0 Å². The molecule has 0 aliphatic rings. The molecule has 1 aromatic rings. The molecular weight excluding hydrogens is 250 g/mol. The molecule has 1 N–H and O–H groups in total. The molecule has 0 aliphatic heterocycles. The Bertz CT molecular complexity index is 416. The van der Waals surface area contributed by atoms with Gasteiger partial charge in [-0.15, -0.1) is 0 Å². The smallest absolute Gasteiger partial charge is 0.257 e. The van der Waals surface area contributed by atoms with Gasteiger partial charge < -0.3 is 10.1 Å². The van der Waals surface area contributed by atoms with Crippen LogP contribution in [0.25, 0.3) is 0 Å². The highest BCUT2D eigenvalue weighted by Gasteiger charge is 2.13. The lowest BCUT2D eigenvalue weighted by molar-refractivity contribution is -0.123. The van der Waals surface area contributed by atoms with Crippen molar-refractivity contribution >= 4 is 5.91 Å². The molecular formula is C17H27NO2. The van der Waals surface area contributed by atoms with Crippen LogP contribution in [0.15, 0.2) is 24.3 Å². The largest absolute Gasteiger partial charge is 0.484 e. The van der Waals surface area contributed by atoms with Crippen LogP contribution in [0.3, 0.4) is 0 Å². The first kappa shape index (κ1) is 16.5. The van der Waals surface area contributed by atoms with Crippen LogP contribution in [-0.2, 0) is 10.2 Å². The van der Waals surface area contributed by atoms with Crippen LogP contribution < -0.4 is 10.1 Å². The Morgan fingerprint density at radius 1 is 1.20 bits per heavy atom. The molecule has 20 heavy (non-hydrogen) atoms. The molecule has 3 heteroatoms. The highest BCUT2D eigenvalue weighted by atomic mass is 16.5. The minimum Gasteiger partial charge on any atom is -0.484 e. The van der Waals surface area contributed by atoms with Gasteiger partial charge in [0, 0.05) is 6.54 Å². The number of carbonyl (C=O) groups is 1. The number of nitrogens with one attached hydrogen (secondary N) is 1. The van der Waals surface area contributed by atoms with Crippen LogP contribution in [0.4, 0.5) is 0 Å². The molecule has 0 bridgehead atoms. The van der Waals surface area contributed by atoms with Crippen molar-refractivity contribution in [3.8, 4) is 5.75 Å². The third-order valence-electron chi connectivity index (χ3n) is 3.13. The summed E-state index contributed by atoms with van der Waals surface area (Å²) in [6.45, 7) is 11.6. The molecule has 0 saturated heterocycles. The van der Waals surface area contributed by atoms with E-state index in [1.165, 1.54) is 5.56 Å². The maximum Gasteiger partial charge on any atom is 0.257 e. The molecule has 0 aromatic heterocycles. The van der Waals surface area contributed by atoms with E-state index in [0.717, 1.165) is 12.2 Å². The van der Waals surface area contributed by atoms with E-state index in [9.17, 15) is 4.79 Å². The van der Waals surface area contributed by atoms with Gasteiger partial charge in [0.1, 0.15) is 5.75 Å². The Hall–Kier alpha value is -1.51. The molecule has 0 atom stereocenters. The van der Waals surface area contributed by atoms with Gasteiger partial charge in [0.05, 0.1) is 0 Å². The van der Waals surface area contributed by atoms with Gasteiger partial charge in [0.25, 0.3) is 5.91 Å². The summed E-state index contributed by atoms with van der Waals surface area (Å²) >= 11 is 0. The van der Waals surface area contributed by atoms with Crippen LogP contribution >= 0.6 is 0 Å². The van der Waals surface area contributed by atoms with Crippen molar-refractivity contribution in [2.24, 2.45) is 5.92 Å². The van der Waals surface area contributed by atoms with E-state index in [2.05, 4.69) is 39.9 Å². The maximum atomic E-state index is 11.6. The Morgan fingerprint density at radius 2 is 1.80 bits per heavy atom. The fourth-order valence-corrected chi connectivity index (χ4v) is 1.75. The van der Waals surface area contributed by atoms with Crippen LogP contribution in [0.1, 0.15) is 46.6 Å². The van der Waals surface area contributed by atoms with Crippen molar-refractivity contribution in [1.29, 1.82) is 0 Å². The number of hydrogen-bond acceptors (Lipinski definition) is 2. The molecule has 0 unspecified atom stereocenters. The van der Waals surface area contributed by atoms with Crippen LogP contribution in [0.5, 0.6) is 5.75 Å². The van der Waals surface area contributed by atoms with Gasteiger partial charge in [-0.3, -0.25) is 4.79 Å². The summed E-state index contributed by atoms with van der Waals surface area (Å²) in [5, 5.41) is 2.86. The van der Waals surface area contributed by atoms with E-state index in [1.807, 2.05) is 24.3 Å². The van der Waals surface area contributed by atoms with Crippen molar-refractivity contribution < 1.29 is 9.53 Å². The molecule has 112 valence electrons. The average molecular weight is 277 g/mol.